The summed E-state index contributed by atoms with van der Waals surface area (Å²) in [7, 11) is 0. The van der Waals surface area contributed by atoms with Crippen molar-refractivity contribution in [1.29, 1.82) is 0 Å². The van der Waals surface area contributed by atoms with Crippen LogP contribution in [0.3, 0.4) is 0 Å². The number of rotatable bonds is 2. The van der Waals surface area contributed by atoms with Crippen LogP contribution in [0.1, 0.15) is 29.6 Å². The lowest BCUT2D eigenvalue weighted by Crippen LogP contribution is -2.34. The Kier molecular flexibility index (Phi) is 3.76. The van der Waals surface area contributed by atoms with E-state index in [1.807, 2.05) is 0 Å². The molecule has 0 radical (unpaired) electrons. The monoisotopic (exact) mass is 308 g/mol. The van der Waals surface area contributed by atoms with E-state index >= 15 is 0 Å². The van der Waals surface area contributed by atoms with Crippen molar-refractivity contribution in [3.05, 3.63) is 28.8 Å². The molecule has 3 rings (SSSR count). The van der Waals surface area contributed by atoms with Gasteiger partial charge in [-0.2, -0.15) is 0 Å². The lowest BCUT2D eigenvalue weighted by atomic mass is 10.0. The van der Waals surface area contributed by atoms with E-state index in [4.69, 9.17) is 16.7 Å². The van der Waals surface area contributed by atoms with Crippen molar-refractivity contribution < 1.29 is 14.7 Å². The van der Waals surface area contributed by atoms with Crippen LogP contribution in [0, 0.1) is 11.8 Å². The van der Waals surface area contributed by atoms with Gasteiger partial charge >= 0.3 is 12.0 Å². The fourth-order valence-electron chi connectivity index (χ4n) is 3.40. The standard InChI is InChI=1S/C15H17ClN2O3/c16-11-4-5-12(14(19)20)13(6-11)17-15(21)18-7-9-2-1-3-10(9)8-18/h4-6,9-10H,1-3,7-8H2,(H,17,21)(H,19,20). The second-order valence-electron chi connectivity index (χ2n) is 5.78. The highest BCUT2D eigenvalue weighted by Gasteiger charge is 2.38. The zero-order valence-corrected chi connectivity index (χ0v) is 12.3. The van der Waals surface area contributed by atoms with Gasteiger partial charge in [-0.05, 0) is 42.9 Å². The van der Waals surface area contributed by atoms with Crippen LogP contribution >= 0.6 is 11.6 Å². The molecular formula is C15H17ClN2O3. The summed E-state index contributed by atoms with van der Waals surface area (Å²) in [6, 6.07) is 4.13. The number of nitrogens with zero attached hydrogens (tertiary/aromatic N) is 1. The molecule has 2 amide bonds. The van der Waals surface area contributed by atoms with Crippen molar-refractivity contribution >= 4 is 29.3 Å². The summed E-state index contributed by atoms with van der Waals surface area (Å²) < 4.78 is 0. The summed E-state index contributed by atoms with van der Waals surface area (Å²) in [6.45, 7) is 1.53. The predicted molar refractivity (Wildman–Crippen MR) is 79.8 cm³/mol. The molecule has 1 aromatic carbocycles. The van der Waals surface area contributed by atoms with E-state index in [-0.39, 0.29) is 17.3 Å². The Bertz CT molecular complexity index is 578. The fraction of sp³-hybridized carbons (Fsp3) is 0.467. The van der Waals surface area contributed by atoms with Crippen LogP contribution < -0.4 is 5.32 Å². The van der Waals surface area contributed by atoms with E-state index in [1.54, 1.807) is 4.90 Å². The van der Waals surface area contributed by atoms with Gasteiger partial charge in [0.2, 0.25) is 0 Å². The van der Waals surface area contributed by atoms with E-state index in [0.29, 0.717) is 16.9 Å². The highest BCUT2D eigenvalue weighted by atomic mass is 35.5. The number of carboxylic acid groups (broad SMARTS) is 1. The number of carbonyl (C=O) groups is 2. The largest absolute Gasteiger partial charge is 0.478 e. The molecule has 1 aromatic rings. The second-order valence-corrected chi connectivity index (χ2v) is 6.22. The van der Waals surface area contributed by atoms with Crippen molar-refractivity contribution in [2.75, 3.05) is 18.4 Å². The number of carboxylic acids is 1. The van der Waals surface area contributed by atoms with Gasteiger partial charge in [0.1, 0.15) is 0 Å². The second kappa shape index (κ2) is 5.56. The van der Waals surface area contributed by atoms with Gasteiger partial charge < -0.3 is 15.3 Å². The summed E-state index contributed by atoms with van der Waals surface area (Å²) in [4.78, 5) is 25.3. The smallest absolute Gasteiger partial charge is 0.337 e. The minimum atomic E-state index is -1.08. The lowest BCUT2D eigenvalue weighted by Gasteiger charge is -2.19. The van der Waals surface area contributed by atoms with Gasteiger partial charge in [-0.3, -0.25) is 0 Å². The molecule has 2 unspecified atom stereocenters. The van der Waals surface area contributed by atoms with Crippen LogP contribution in [-0.2, 0) is 0 Å². The Morgan fingerprint density at radius 1 is 1.24 bits per heavy atom. The molecule has 1 aliphatic carbocycles. The first-order valence-corrected chi connectivity index (χ1v) is 7.51. The predicted octanol–water partition coefficient (Wildman–Crippen LogP) is 3.30. The van der Waals surface area contributed by atoms with Crippen molar-refractivity contribution in [2.24, 2.45) is 11.8 Å². The first-order valence-electron chi connectivity index (χ1n) is 7.13. The molecule has 5 nitrogen and oxygen atoms in total. The van der Waals surface area contributed by atoms with Crippen LogP contribution in [0.2, 0.25) is 5.02 Å². The maximum atomic E-state index is 12.3. The van der Waals surface area contributed by atoms with Crippen LogP contribution in [0.4, 0.5) is 10.5 Å². The van der Waals surface area contributed by atoms with Crippen molar-refractivity contribution in [3.8, 4) is 0 Å². The van der Waals surface area contributed by atoms with Crippen molar-refractivity contribution in [3.63, 3.8) is 0 Å². The number of nitrogens with one attached hydrogen (secondary N) is 1. The number of likely N-dealkylation sites (tertiary alicyclic amines) is 1. The number of anilines is 1. The molecule has 1 saturated heterocycles. The number of hydrogen-bond acceptors (Lipinski definition) is 2. The number of urea groups is 1. The lowest BCUT2D eigenvalue weighted by molar-refractivity contribution is 0.0698. The first-order chi connectivity index (χ1) is 10.0. The molecule has 0 spiro atoms. The van der Waals surface area contributed by atoms with Gasteiger partial charge in [0, 0.05) is 18.1 Å². The molecule has 1 aliphatic heterocycles. The average Bonchev–Trinajstić information content (AvgIpc) is 2.98. The van der Waals surface area contributed by atoms with Crippen LogP contribution in [0.15, 0.2) is 18.2 Å². The van der Waals surface area contributed by atoms with Gasteiger partial charge in [-0.15, -0.1) is 0 Å². The first kappa shape index (κ1) is 14.2. The van der Waals surface area contributed by atoms with Crippen LogP contribution in [0.25, 0.3) is 0 Å². The molecular weight excluding hydrogens is 292 g/mol. The summed E-state index contributed by atoms with van der Waals surface area (Å²) in [5.41, 5.74) is 0.296. The fourth-order valence-corrected chi connectivity index (χ4v) is 3.57. The van der Waals surface area contributed by atoms with E-state index in [9.17, 15) is 9.59 Å². The molecule has 112 valence electrons. The van der Waals surface area contributed by atoms with Gasteiger partial charge in [0.15, 0.2) is 0 Å². The Labute approximate surface area is 127 Å². The Morgan fingerprint density at radius 3 is 2.52 bits per heavy atom. The number of carbonyl (C=O) groups excluding carboxylic acids is 1. The Hall–Kier alpha value is -1.75. The minimum absolute atomic E-state index is 0.0483. The highest BCUT2D eigenvalue weighted by Crippen LogP contribution is 2.37. The maximum absolute atomic E-state index is 12.3. The van der Waals surface area contributed by atoms with E-state index in [2.05, 4.69) is 5.32 Å². The third kappa shape index (κ3) is 2.83. The summed E-state index contributed by atoms with van der Waals surface area (Å²) in [6.07, 6.45) is 3.63. The molecule has 0 aromatic heterocycles. The molecule has 2 N–H and O–H groups in total. The minimum Gasteiger partial charge on any atom is -0.478 e. The zero-order valence-electron chi connectivity index (χ0n) is 11.5. The van der Waals surface area contributed by atoms with E-state index < -0.39 is 5.97 Å². The number of benzene rings is 1. The molecule has 1 heterocycles. The molecule has 0 bridgehead atoms. The normalized spacial score (nSPS) is 24.0. The molecule has 6 heteroatoms. The van der Waals surface area contributed by atoms with Gasteiger partial charge in [0.25, 0.3) is 0 Å². The van der Waals surface area contributed by atoms with E-state index in [0.717, 1.165) is 13.1 Å². The number of halogens is 1. The van der Waals surface area contributed by atoms with Gasteiger partial charge in [-0.1, -0.05) is 18.0 Å². The van der Waals surface area contributed by atoms with Crippen molar-refractivity contribution in [2.45, 2.75) is 19.3 Å². The molecule has 1 saturated carbocycles. The van der Waals surface area contributed by atoms with Crippen LogP contribution in [-0.4, -0.2) is 35.1 Å². The van der Waals surface area contributed by atoms with Gasteiger partial charge in [0.05, 0.1) is 11.3 Å². The molecule has 21 heavy (non-hydrogen) atoms. The van der Waals surface area contributed by atoms with Gasteiger partial charge in [-0.25, -0.2) is 9.59 Å². The number of fused-ring (bicyclic) bond motifs is 1. The summed E-state index contributed by atoms with van der Waals surface area (Å²) >= 11 is 5.88. The Morgan fingerprint density at radius 2 is 1.90 bits per heavy atom. The third-order valence-electron chi connectivity index (χ3n) is 4.47. The molecule has 2 aliphatic rings. The number of hydrogen-bond donors (Lipinski definition) is 2. The SMILES string of the molecule is O=C(O)c1ccc(Cl)cc1NC(=O)N1CC2CCCC2C1. The Balaban J connectivity index is 1.73. The molecule has 2 atom stereocenters. The van der Waals surface area contributed by atoms with Crippen molar-refractivity contribution in [1.82, 2.24) is 4.90 Å². The topological polar surface area (TPSA) is 69.6 Å². The third-order valence-corrected chi connectivity index (χ3v) is 4.70. The summed E-state index contributed by atoms with van der Waals surface area (Å²) in [5.74, 6) is 0.128. The number of amides is 2. The highest BCUT2D eigenvalue weighted by molar-refractivity contribution is 6.31. The van der Waals surface area contributed by atoms with Crippen LogP contribution in [0.5, 0.6) is 0 Å². The maximum Gasteiger partial charge on any atom is 0.337 e. The quantitative estimate of drug-likeness (QED) is 0.880. The average molecular weight is 309 g/mol. The zero-order chi connectivity index (χ0) is 15.0. The van der Waals surface area contributed by atoms with E-state index in [1.165, 1.54) is 37.5 Å². The summed E-state index contributed by atoms with van der Waals surface area (Å²) in [5, 5.41) is 12.2. The number of aromatic carboxylic acids is 1. The molecule has 2 fully saturated rings.